The van der Waals surface area contributed by atoms with Crippen molar-refractivity contribution in [2.75, 3.05) is 7.11 Å². The average Bonchev–Trinajstić information content (AvgIpc) is 3.26. The topological polar surface area (TPSA) is 79.1 Å². The monoisotopic (exact) mass is 666 g/mol. The number of methoxy groups -OCH3 is 1. The van der Waals surface area contributed by atoms with Gasteiger partial charge in [0.2, 0.25) is 0 Å². The molecule has 1 aliphatic rings. The van der Waals surface area contributed by atoms with Gasteiger partial charge in [-0.2, -0.15) is 0 Å². The quantitative estimate of drug-likeness (QED) is 0.210. The van der Waals surface area contributed by atoms with E-state index in [-0.39, 0.29) is 11.7 Å². The highest BCUT2D eigenvalue weighted by Crippen LogP contribution is 2.37. The van der Waals surface area contributed by atoms with Crippen molar-refractivity contribution in [3.8, 4) is 11.5 Å². The number of benzene rings is 3. The number of hydrogen-bond donors (Lipinski definition) is 0. The third-order valence-corrected chi connectivity index (χ3v) is 8.45. The number of fused-ring (bicyclic) bond motifs is 1. The average molecular weight is 668 g/mol. The molecule has 0 bridgehead atoms. The van der Waals surface area contributed by atoms with Gasteiger partial charge in [0.05, 0.1) is 29.0 Å². The molecule has 5 rings (SSSR count). The smallest absolute Gasteiger partial charge is 0.338 e. The number of ether oxygens (including phenoxy) is 3. The third-order valence-electron chi connectivity index (χ3n) is 6.60. The molecule has 0 unspecified atom stereocenters. The molecule has 4 aromatic rings. The van der Waals surface area contributed by atoms with Gasteiger partial charge in [-0.05, 0) is 68.8 Å². The molecule has 0 N–H and O–H groups in total. The Bertz CT molecular complexity index is 1860. The Labute approximate surface area is 260 Å². The lowest BCUT2D eigenvalue weighted by molar-refractivity contribution is -0.143. The molecule has 10 heteroatoms. The standard InChI is InChI=1S/C32H28BrClN2O5S/c1-18(2)41-31(38)28-19(3)35-32-36(29(28)24-16-22(33)11-14-26(24)39-4)30(37)27(42-32)15-20-9-12-23(13-10-20)40-17-21-7-5-6-8-25(21)34/h5-16,18,29H,17H2,1-4H3/b27-15-/t29-/m0/s1. The molecule has 1 aliphatic heterocycles. The van der Waals surface area contributed by atoms with Crippen molar-refractivity contribution in [2.24, 2.45) is 4.99 Å². The van der Waals surface area contributed by atoms with Crippen molar-refractivity contribution >= 4 is 50.9 Å². The Balaban J connectivity index is 1.55. The molecule has 1 aromatic heterocycles. The summed E-state index contributed by atoms with van der Waals surface area (Å²) in [6, 6.07) is 19.7. The zero-order chi connectivity index (χ0) is 30.0. The van der Waals surface area contributed by atoms with Gasteiger partial charge in [0.15, 0.2) is 4.80 Å². The summed E-state index contributed by atoms with van der Waals surface area (Å²) < 4.78 is 19.9. The fraction of sp³-hybridized carbons (Fsp3) is 0.219. The first-order chi connectivity index (χ1) is 20.2. The Morgan fingerprint density at radius 1 is 1.14 bits per heavy atom. The number of hydrogen-bond acceptors (Lipinski definition) is 7. The van der Waals surface area contributed by atoms with Crippen LogP contribution in [0.2, 0.25) is 5.02 Å². The van der Waals surface area contributed by atoms with Crippen molar-refractivity contribution in [1.29, 1.82) is 0 Å². The van der Waals surface area contributed by atoms with Gasteiger partial charge in [0.1, 0.15) is 24.1 Å². The molecule has 3 aromatic carbocycles. The minimum atomic E-state index is -0.789. The summed E-state index contributed by atoms with van der Waals surface area (Å²) in [5, 5.41) is 0.652. The Morgan fingerprint density at radius 2 is 1.88 bits per heavy atom. The van der Waals surface area contributed by atoms with Gasteiger partial charge in [-0.3, -0.25) is 9.36 Å². The molecular formula is C32H28BrClN2O5S. The normalized spacial score (nSPS) is 14.9. The maximum Gasteiger partial charge on any atom is 0.338 e. The van der Waals surface area contributed by atoms with Crippen molar-refractivity contribution in [3.05, 3.63) is 124 Å². The number of thiazole rings is 1. The highest BCUT2D eigenvalue weighted by Gasteiger charge is 2.35. The summed E-state index contributed by atoms with van der Waals surface area (Å²) >= 11 is 11.0. The van der Waals surface area contributed by atoms with Crippen molar-refractivity contribution in [2.45, 2.75) is 39.5 Å². The van der Waals surface area contributed by atoms with Crippen LogP contribution in [-0.2, 0) is 16.1 Å². The molecule has 0 spiro atoms. The molecule has 1 atom stereocenters. The van der Waals surface area contributed by atoms with E-state index >= 15 is 0 Å². The van der Waals surface area contributed by atoms with Crippen LogP contribution < -0.4 is 24.4 Å². The second kappa shape index (κ2) is 12.7. The molecule has 216 valence electrons. The van der Waals surface area contributed by atoms with Crippen LogP contribution in [0, 0.1) is 0 Å². The first kappa shape index (κ1) is 29.8. The Kier molecular flexibility index (Phi) is 9.01. The van der Waals surface area contributed by atoms with Gasteiger partial charge in [0, 0.05) is 20.6 Å². The minimum absolute atomic E-state index is 0.271. The largest absolute Gasteiger partial charge is 0.496 e. The fourth-order valence-electron chi connectivity index (χ4n) is 4.66. The number of aromatic nitrogens is 1. The fourth-order valence-corrected chi connectivity index (χ4v) is 6.28. The molecule has 0 radical (unpaired) electrons. The maximum atomic E-state index is 14.0. The van der Waals surface area contributed by atoms with E-state index in [1.54, 1.807) is 38.5 Å². The molecule has 0 aliphatic carbocycles. The maximum absolute atomic E-state index is 14.0. The van der Waals surface area contributed by atoms with Gasteiger partial charge in [-0.1, -0.05) is 69.2 Å². The SMILES string of the molecule is COc1ccc(Br)cc1[C@H]1C(C(=O)OC(C)C)=C(C)N=c2s/c(=C\c3ccc(OCc4ccccc4Cl)cc3)c(=O)n21. The second-order valence-corrected chi connectivity index (χ2v) is 12.2. The third kappa shape index (κ3) is 6.23. The molecular weight excluding hydrogens is 640 g/mol. The summed E-state index contributed by atoms with van der Waals surface area (Å²) in [4.78, 5) is 32.5. The van der Waals surface area contributed by atoms with E-state index in [1.807, 2.05) is 66.7 Å². The van der Waals surface area contributed by atoms with Gasteiger partial charge in [-0.25, -0.2) is 9.79 Å². The number of nitrogens with zero attached hydrogens (tertiary/aromatic N) is 2. The van der Waals surface area contributed by atoms with Crippen LogP contribution in [0.25, 0.3) is 6.08 Å². The van der Waals surface area contributed by atoms with Crippen molar-refractivity contribution < 1.29 is 19.0 Å². The molecule has 0 amide bonds. The summed E-state index contributed by atoms with van der Waals surface area (Å²) in [7, 11) is 1.56. The lowest BCUT2D eigenvalue weighted by Crippen LogP contribution is -2.40. The highest BCUT2D eigenvalue weighted by atomic mass is 79.9. The van der Waals surface area contributed by atoms with Crippen LogP contribution in [0.5, 0.6) is 11.5 Å². The highest BCUT2D eigenvalue weighted by molar-refractivity contribution is 9.10. The van der Waals surface area contributed by atoms with Crippen LogP contribution in [0.15, 0.2) is 92.3 Å². The van der Waals surface area contributed by atoms with Gasteiger partial charge >= 0.3 is 5.97 Å². The lowest BCUT2D eigenvalue weighted by atomic mass is 9.95. The first-order valence-corrected chi connectivity index (χ1v) is 15.2. The summed E-state index contributed by atoms with van der Waals surface area (Å²) in [6.45, 7) is 5.67. The number of carbonyl (C=O) groups is 1. The van der Waals surface area contributed by atoms with Crippen LogP contribution in [0.4, 0.5) is 0 Å². The summed E-state index contributed by atoms with van der Waals surface area (Å²) in [5.74, 6) is 0.689. The Hall–Kier alpha value is -3.66. The zero-order valence-corrected chi connectivity index (χ0v) is 26.5. The van der Waals surface area contributed by atoms with Crippen molar-refractivity contribution in [3.63, 3.8) is 0 Å². The van der Waals surface area contributed by atoms with Gasteiger partial charge in [0.25, 0.3) is 5.56 Å². The molecule has 0 saturated carbocycles. The van der Waals surface area contributed by atoms with E-state index in [2.05, 4.69) is 20.9 Å². The van der Waals surface area contributed by atoms with E-state index in [1.165, 1.54) is 11.3 Å². The summed E-state index contributed by atoms with van der Waals surface area (Å²) in [6.07, 6.45) is 1.46. The number of rotatable bonds is 8. The molecule has 0 fully saturated rings. The predicted octanol–water partition coefficient (Wildman–Crippen LogP) is 6.19. The van der Waals surface area contributed by atoms with Gasteiger partial charge in [-0.15, -0.1) is 0 Å². The Morgan fingerprint density at radius 3 is 2.57 bits per heavy atom. The van der Waals surface area contributed by atoms with E-state index < -0.39 is 12.0 Å². The van der Waals surface area contributed by atoms with Crippen LogP contribution in [0.3, 0.4) is 0 Å². The predicted molar refractivity (Wildman–Crippen MR) is 168 cm³/mol. The minimum Gasteiger partial charge on any atom is -0.496 e. The molecule has 42 heavy (non-hydrogen) atoms. The number of carbonyl (C=O) groups excluding carboxylic acids is 1. The first-order valence-electron chi connectivity index (χ1n) is 13.2. The summed E-state index contributed by atoms with van der Waals surface area (Å²) in [5.41, 5.74) is 2.86. The van der Waals surface area contributed by atoms with Crippen LogP contribution >= 0.6 is 38.9 Å². The van der Waals surface area contributed by atoms with E-state index in [4.69, 9.17) is 25.8 Å². The molecule has 7 nitrogen and oxygen atoms in total. The van der Waals surface area contributed by atoms with E-state index in [9.17, 15) is 9.59 Å². The number of esters is 1. The van der Waals surface area contributed by atoms with Crippen LogP contribution in [0.1, 0.15) is 43.5 Å². The molecule has 0 saturated heterocycles. The number of allylic oxidation sites excluding steroid dienone is 1. The second-order valence-electron chi connectivity index (χ2n) is 9.87. The van der Waals surface area contributed by atoms with E-state index in [0.717, 1.165) is 15.6 Å². The lowest BCUT2D eigenvalue weighted by Gasteiger charge is -2.26. The molecule has 2 heterocycles. The van der Waals surface area contributed by atoms with E-state index in [0.29, 0.717) is 49.3 Å². The van der Waals surface area contributed by atoms with Gasteiger partial charge < -0.3 is 14.2 Å². The van der Waals surface area contributed by atoms with Crippen molar-refractivity contribution in [1.82, 2.24) is 4.57 Å². The van der Waals surface area contributed by atoms with Crippen LogP contribution in [-0.4, -0.2) is 23.8 Å². The number of halogens is 2. The zero-order valence-electron chi connectivity index (χ0n) is 23.4.